The quantitative estimate of drug-likeness (QED) is 0.365. The van der Waals surface area contributed by atoms with Crippen LogP contribution < -0.4 is 9.47 Å². The maximum absolute atomic E-state index is 13.3. The SMILES string of the molecule is C=C[C@H]1CN2CC[C@@H]1C[C@H]2[C@H](OC(=O)c1ccc(OC)cc1)c1ccnc2ccc(OC)cc12. The second kappa shape index (κ2) is 9.47. The molecule has 1 aromatic heterocycles. The number of rotatable bonds is 7. The van der Waals surface area contributed by atoms with E-state index in [-0.39, 0.29) is 12.0 Å². The Hall–Kier alpha value is -3.38. The third-order valence-electron chi connectivity index (χ3n) is 7.35. The monoisotopic (exact) mass is 458 g/mol. The van der Waals surface area contributed by atoms with Crippen LogP contribution in [0.25, 0.3) is 10.9 Å². The van der Waals surface area contributed by atoms with E-state index in [0.717, 1.165) is 48.1 Å². The lowest BCUT2D eigenvalue weighted by Crippen LogP contribution is -2.55. The first-order chi connectivity index (χ1) is 16.6. The molecule has 2 aromatic carbocycles. The number of carbonyl (C=O) groups excluding carboxylic acids is 1. The lowest BCUT2D eigenvalue weighted by molar-refractivity contribution is -0.0568. The summed E-state index contributed by atoms with van der Waals surface area (Å²) in [7, 11) is 3.26. The molecule has 6 rings (SSSR count). The molecule has 2 bridgehead atoms. The molecule has 3 aromatic rings. The fraction of sp³-hybridized carbons (Fsp3) is 0.357. The average molecular weight is 459 g/mol. The molecule has 0 spiro atoms. The van der Waals surface area contributed by atoms with E-state index in [1.54, 1.807) is 44.7 Å². The van der Waals surface area contributed by atoms with Gasteiger partial charge in [-0.1, -0.05) is 6.08 Å². The van der Waals surface area contributed by atoms with Gasteiger partial charge in [-0.25, -0.2) is 4.79 Å². The van der Waals surface area contributed by atoms with E-state index < -0.39 is 6.10 Å². The van der Waals surface area contributed by atoms with E-state index in [1.807, 2.05) is 24.3 Å². The fourth-order valence-corrected chi connectivity index (χ4v) is 5.47. The Balaban J connectivity index is 1.54. The molecule has 0 saturated carbocycles. The van der Waals surface area contributed by atoms with Gasteiger partial charge in [-0.2, -0.15) is 0 Å². The third kappa shape index (κ3) is 4.14. The molecule has 4 heterocycles. The highest BCUT2D eigenvalue weighted by Gasteiger charge is 2.44. The molecule has 3 aliphatic heterocycles. The lowest BCUT2D eigenvalue weighted by atomic mass is 9.73. The number of fused-ring (bicyclic) bond motifs is 4. The molecule has 3 saturated heterocycles. The molecule has 0 amide bonds. The molecule has 6 nitrogen and oxygen atoms in total. The van der Waals surface area contributed by atoms with Crippen molar-refractivity contribution in [1.82, 2.24) is 9.88 Å². The summed E-state index contributed by atoms with van der Waals surface area (Å²) in [6.07, 6.45) is 5.56. The van der Waals surface area contributed by atoms with Crippen molar-refractivity contribution in [3.63, 3.8) is 0 Å². The Morgan fingerprint density at radius 1 is 1.12 bits per heavy atom. The van der Waals surface area contributed by atoms with E-state index in [2.05, 4.69) is 22.5 Å². The summed E-state index contributed by atoms with van der Waals surface area (Å²) in [6.45, 7) is 6.00. The van der Waals surface area contributed by atoms with Crippen molar-refractivity contribution in [2.75, 3.05) is 27.3 Å². The Morgan fingerprint density at radius 3 is 2.56 bits per heavy atom. The van der Waals surface area contributed by atoms with Gasteiger partial charge in [0.15, 0.2) is 0 Å². The van der Waals surface area contributed by atoms with Crippen molar-refractivity contribution in [3.8, 4) is 11.5 Å². The number of piperidine rings is 3. The van der Waals surface area contributed by atoms with Crippen LogP contribution in [0.4, 0.5) is 0 Å². The molecule has 3 aliphatic rings. The number of hydrogen-bond donors (Lipinski definition) is 0. The summed E-state index contributed by atoms with van der Waals surface area (Å²) < 4.78 is 17.0. The van der Waals surface area contributed by atoms with Gasteiger partial charge in [-0.05, 0) is 79.8 Å². The molecular weight excluding hydrogens is 428 g/mol. The smallest absolute Gasteiger partial charge is 0.338 e. The van der Waals surface area contributed by atoms with Gasteiger partial charge in [0, 0.05) is 23.7 Å². The Morgan fingerprint density at radius 2 is 1.88 bits per heavy atom. The molecule has 0 radical (unpaired) electrons. The second-order valence-electron chi connectivity index (χ2n) is 9.08. The van der Waals surface area contributed by atoms with E-state index in [1.165, 1.54) is 0 Å². The lowest BCUT2D eigenvalue weighted by Gasteiger charge is -2.51. The standard InChI is InChI=1S/C28H30N2O4/c1-4-18-17-30-14-12-20(18)15-26(30)27(34-28(31)19-5-7-21(32-2)8-6-19)23-11-13-29-25-10-9-22(33-3)16-24(23)25/h4-11,13,16,18,20,26-27H,1,12,14-15,17H2,2-3H3/t18-,20+,26-,27+/m0/s1. The zero-order valence-corrected chi connectivity index (χ0v) is 19.6. The summed E-state index contributed by atoms with van der Waals surface area (Å²) >= 11 is 0. The van der Waals surface area contributed by atoms with Gasteiger partial charge in [0.2, 0.25) is 0 Å². The predicted molar refractivity (Wildman–Crippen MR) is 131 cm³/mol. The van der Waals surface area contributed by atoms with Crippen LogP contribution in [-0.2, 0) is 4.74 Å². The van der Waals surface area contributed by atoms with E-state index in [9.17, 15) is 4.79 Å². The Bertz CT molecular complexity index is 1190. The summed E-state index contributed by atoms with van der Waals surface area (Å²) in [5.74, 6) is 2.14. The van der Waals surface area contributed by atoms with Crippen molar-refractivity contribution >= 4 is 16.9 Å². The molecule has 176 valence electrons. The number of nitrogens with zero attached hydrogens (tertiary/aromatic N) is 2. The number of hydrogen-bond acceptors (Lipinski definition) is 6. The van der Waals surface area contributed by atoms with Gasteiger partial charge in [0.05, 0.1) is 31.3 Å². The molecule has 5 atom stereocenters. The molecular formula is C28H30N2O4. The fourth-order valence-electron chi connectivity index (χ4n) is 5.47. The minimum Gasteiger partial charge on any atom is -0.497 e. The third-order valence-corrected chi connectivity index (χ3v) is 7.35. The number of benzene rings is 2. The first-order valence-corrected chi connectivity index (χ1v) is 11.8. The number of methoxy groups -OCH3 is 2. The zero-order chi connectivity index (χ0) is 23.7. The van der Waals surface area contributed by atoms with Crippen LogP contribution in [0.3, 0.4) is 0 Å². The topological polar surface area (TPSA) is 60.9 Å². The van der Waals surface area contributed by atoms with Crippen LogP contribution in [0.5, 0.6) is 11.5 Å². The summed E-state index contributed by atoms with van der Waals surface area (Å²) in [4.78, 5) is 20.3. The number of carbonyl (C=O) groups is 1. The Labute approximate surface area is 200 Å². The molecule has 1 unspecified atom stereocenters. The first-order valence-electron chi connectivity index (χ1n) is 11.8. The van der Waals surface area contributed by atoms with Crippen molar-refractivity contribution in [1.29, 1.82) is 0 Å². The van der Waals surface area contributed by atoms with E-state index in [4.69, 9.17) is 14.2 Å². The number of pyridine rings is 1. The average Bonchev–Trinajstić information content (AvgIpc) is 2.91. The summed E-state index contributed by atoms with van der Waals surface area (Å²) in [6, 6.07) is 14.9. The van der Waals surface area contributed by atoms with Crippen molar-refractivity contribution in [3.05, 3.63) is 78.5 Å². The number of esters is 1. The van der Waals surface area contributed by atoms with Crippen LogP contribution in [-0.4, -0.2) is 49.2 Å². The number of ether oxygens (including phenoxy) is 3. The maximum Gasteiger partial charge on any atom is 0.338 e. The number of aromatic nitrogens is 1. The highest BCUT2D eigenvalue weighted by atomic mass is 16.5. The largest absolute Gasteiger partial charge is 0.497 e. The zero-order valence-electron chi connectivity index (χ0n) is 19.6. The van der Waals surface area contributed by atoms with Gasteiger partial charge in [-0.3, -0.25) is 9.88 Å². The molecule has 6 heteroatoms. The predicted octanol–water partition coefficient (Wildman–Crippen LogP) is 5.05. The van der Waals surface area contributed by atoms with Crippen LogP contribution in [0.2, 0.25) is 0 Å². The molecule has 3 fully saturated rings. The van der Waals surface area contributed by atoms with Crippen LogP contribution >= 0.6 is 0 Å². The van der Waals surface area contributed by atoms with Gasteiger partial charge >= 0.3 is 5.97 Å². The molecule has 34 heavy (non-hydrogen) atoms. The van der Waals surface area contributed by atoms with Crippen molar-refractivity contribution in [2.45, 2.75) is 25.0 Å². The second-order valence-corrected chi connectivity index (χ2v) is 9.08. The first kappa shape index (κ1) is 22.4. The summed E-state index contributed by atoms with van der Waals surface area (Å²) in [5.41, 5.74) is 2.31. The van der Waals surface area contributed by atoms with Gasteiger partial charge in [0.25, 0.3) is 0 Å². The highest BCUT2D eigenvalue weighted by Crippen LogP contribution is 2.44. The minimum absolute atomic E-state index is 0.0916. The van der Waals surface area contributed by atoms with Crippen molar-refractivity contribution < 1.29 is 19.0 Å². The molecule has 0 N–H and O–H groups in total. The van der Waals surface area contributed by atoms with E-state index in [0.29, 0.717) is 23.1 Å². The molecule has 0 aliphatic carbocycles. The van der Waals surface area contributed by atoms with Crippen molar-refractivity contribution in [2.24, 2.45) is 11.8 Å². The van der Waals surface area contributed by atoms with Crippen LogP contribution in [0, 0.1) is 11.8 Å². The highest BCUT2D eigenvalue weighted by molar-refractivity contribution is 5.90. The maximum atomic E-state index is 13.3. The van der Waals surface area contributed by atoms with Crippen LogP contribution in [0.15, 0.2) is 67.4 Å². The Kier molecular flexibility index (Phi) is 6.24. The normalized spacial score (nSPS) is 24.4. The van der Waals surface area contributed by atoms with Gasteiger partial charge in [0.1, 0.15) is 17.6 Å². The van der Waals surface area contributed by atoms with Gasteiger partial charge in [-0.15, -0.1) is 6.58 Å². The van der Waals surface area contributed by atoms with Crippen LogP contribution in [0.1, 0.15) is 34.9 Å². The van der Waals surface area contributed by atoms with E-state index >= 15 is 0 Å². The minimum atomic E-state index is -0.430. The van der Waals surface area contributed by atoms with Gasteiger partial charge < -0.3 is 14.2 Å². The summed E-state index contributed by atoms with van der Waals surface area (Å²) in [5, 5.41) is 0.942.